The second-order valence-electron chi connectivity index (χ2n) is 8.23. The van der Waals surface area contributed by atoms with Gasteiger partial charge in [-0.1, -0.05) is 0 Å². The van der Waals surface area contributed by atoms with Gasteiger partial charge in [-0.2, -0.15) is 9.40 Å². The summed E-state index contributed by atoms with van der Waals surface area (Å²) in [7, 11) is -3.47. The predicted octanol–water partition coefficient (Wildman–Crippen LogP) is 1.78. The number of nitrogens with zero attached hydrogens (tertiary/aromatic N) is 5. The van der Waals surface area contributed by atoms with Gasteiger partial charge in [0.2, 0.25) is 10.0 Å². The van der Waals surface area contributed by atoms with E-state index < -0.39 is 10.0 Å². The van der Waals surface area contributed by atoms with Crippen molar-refractivity contribution in [3.63, 3.8) is 0 Å². The SMILES string of the molecule is Cc1nc(N2CCCC2)c2c(n1)C1(CC2)CCN(S(=O)(=O)c2cn[nH]c2)CC1. The minimum absolute atomic E-state index is 0.0140. The average molecular weight is 403 g/mol. The number of sulfonamides is 1. The minimum Gasteiger partial charge on any atom is -0.356 e. The Bertz CT molecular complexity index is 974. The summed E-state index contributed by atoms with van der Waals surface area (Å²) in [6.07, 6.45) is 8.94. The molecular formula is C19H26N6O2S. The summed E-state index contributed by atoms with van der Waals surface area (Å²) in [6, 6.07) is 0. The van der Waals surface area contributed by atoms with Gasteiger partial charge >= 0.3 is 0 Å². The molecular weight excluding hydrogens is 376 g/mol. The number of piperidine rings is 1. The van der Waals surface area contributed by atoms with Crippen molar-refractivity contribution >= 4 is 15.8 Å². The summed E-state index contributed by atoms with van der Waals surface area (Å²) < 4.78 is 27.2. The number of fused-ring (bicyclic) bond motifs is 2. The molecule has 2 aromatic rings. The Morgan fingerprint density at radius 2 is 1.82 bits per heavy atom. The lowest BCUT2D eigenvalue weighted by atomic mass is 9.76. The zero-order chi connectivity index (χ0) is 19.4. The summed E-state index contributed by atoms with van der Waals surface area (Å²) in [5, 5.41) is 6.39. The Hall–Kier alpha value is -2.00. The highest BCUT2D eigenvalue weighted by atomic mass is 32.2. The summed E-state index contributed by atoms with van der Waals surface area (Å²) in [6.45, 7) is 5.17. The molecule has 0 bridgehead atoms. The van der Waals surface area contributed by atoms with Gasteiger partial charge in [0.1, 0.15) is 16.5 Å². The molecule has 1 N–H and O–H groups in total. The lowest BCUT2D eigenvalue weighted by molar-refractivity contribution is 0.227. The van der Waals surface area contributed by atoms with Crippen LogP contribution in [0, 0.1) is 6.92 Å². The predicted molar refractivity (Wildman–Crippen MR) is 105 cm³/mol. The molecule has 8 nitrogen and oxygen atoms in total. The molecule has 0 amide bonds. The van der Waals surface area contributed by atoms with Crippen LogP contribution in [0.3, 0.4) is 0 Å². The van der Waals surface area contributed by atoms with Gasteiger partial charge in [-0.3, -0.25) is 5.10 Å². The van der Waals surface area contributed by atoms with Crippen LogP contribution in [0.4, 0.5) is 5.82 Å². The number of anilines is 1. The molecule has 2 saturated heterocycles. The summed E-state index contributed by atoms with van der Waals surface area (Å²) in [4.78, 5) is 12.3. The van der Waals surface area contributed by atoms with Gasteiger partial charge in [-0.05, 0) is 45.4 Å². The van der Waals surface area contributed by atoms with Gasteiger partial charge in [-0.15, -0.1) is 0 Å². The molecule has 2 aromatic heterocycles. The van der Waals surface area contributed by atoms with Crippen LogP contribution in [0.15, 0.2) is 17.3 Å². The van der Waals surface area contributed by atoms with Crippen molar-refractivity contribution in [3.05, 3.63) is 29.5 Å². The number of aromatic amines is 1. The third kappa shape index (κ3) is 2.75. The first kappa shape index (κ1) is 18.1. The van der Waals surface area contributed by atoms with E-state index in [1.807, 2.05) is 6.92 Å². The van der Waals surface area contributed by atoms with Crippen LogP contribution in [0.2, 0.25) is 0 Å². The van der Waals surface area contributed by atoms with Gasteiger partial charge in [0, 0.05) is 43.4 Å². The maximum atomic E-state index is 12.8. The van der Waals surface area contributed by atoms with Gasteiger partial charge in [-0.25, -0.2) is 18.4 Å². The van der Waals surface area contributed by atoms with E-state index in [1.165, 1.54) is 36.5 Å². The van der Waals surface area contributed by atoms with Crippen LogP contribution >= 0.6 is 0 Å². The van der Waals surface area contributed by atoms with Crippen LogP contribution in [0.1, 0.15) is 49.2 Å². The van der Waals surface area contributed by atoms with Gasteiger partial charge in [0.15, 0.2) is 0 Å². The van der Waals surface area contributed by atoms with Crippen molar-refractivity contribution in [2.45, 2.75) is 55.8 Å². The smallest absolute Gasteiger partial charge is 0.246 e. The normalized spacial score (nSPS) is 22.1. The fourth-order valence-corrected chi connectivity index (χ4v) is 6.44. The molecule has 0 unspecified atom stereocenters. The van der Waals surface area contributed by atoms with E-state index in [2.05, 4.69) is 15.1 Å². The van der Waals surface area contributed by atoms with Crippen molar-refractivity contribution < 1.29 is 8.42 Å². The first-order chi connectivity index (χ1) is 13.5. The Morgan fingerprint density at radius 3 is 2.50 bits per heavy atom. The molecule has 9 heteroatoms. The van der Waals surface area contributed by atoms with Crippen LogP contribution in [0.25, 0.3) is 0 Å². The fourth-order valence-electron chi connectivity index (χ4n) is 5.09. The molecule has 0 radical (unpaired) electrons. The molecule has 2 aliphatic heterocycles. The van der Waals surface area contributed by atoms with Crippen molar-refractivity contribution in [3.8, 4) is 0 Å². The molecule has 1 spiro atoms. The zero-order valence-corrected chi connectivity index (χ0v) is 17.0. The van der Waals surface area contributed by atoms with E-state index in [1.54, 1.807) is 4.31 Å². The Morgan fingerprint density at radius 1 is 1.07 bits per heavy atom. The minimum atomic E-state index is -3.47. The van der Waals surface area contributed by atoms with Crippen LogP contribution < -0.4 is 4.90 Å². The second-order valence-corrected chi connectivity index (χ2v) is 10.2. The number of hydrogen-bond acceptors (Lipinski definition) is 6. The number of aryl methyl sites for hydroxylation is 1. The standard InChI is InChI=1S/C19H26N6O2S/c1-14-22-17-16(18(23-14)24-8-2-3-9-24)4-5-19(17)6-10-25(11-7-19)28(26,27)15-12-20-21-13-15/h12-13H,2-11H2,1H3,(H,20,21). The van der Waals surface area contributed by atoms with E-state index in [9.17, 15) is 8.42 Å². The van der Waals surface area contributed by atoms with Crippen molar-refractivity contribution in [1.29, 1.82) is 0 Å². The van der Waals surface area contributed by atoms with E-state index in [-0.39, 0.29) is 10.3 Å². The average Bonchev–Trinajstić information content (AvgIpc) is 3.44. The third-order valence-electron chi connectivity index (χ3n) is 6.65. The fraction of sp³-hybridized carbons (Fsp3) is 0.632. The number of aromatic nitrogens is 4. The van der Waals surface area contributed by atoms with Crippen LogP contribution in [0.5, 0.6) is 0 Å². The second kappa shape index (κ2) is 6.52. The first-order valence-electron chi connectivity index (χ1n) is 10.1. The van der Waals surface area contributed by atoms with Gasteiger partial charge in [0.25, 0.3) is 0 Å². The molecule has 3 aliphatic rings. The van der Waals surface area contributed by atoms with E-state index in [4.69, 9.17) is 9.97 Å². The summed E-state index contributed by atoms with van der Waals surface area (Å²) >= 11 is 0. The molecule has 2 fully saturated rings. The van der Waals surface area contributed by atoms with Crippen molar-refractivity contribution in [1.82, 2.24) is 24.5 Å². The maximum Gasteiger partial charge on any atom is 0.246 e. The lowest BCUT2D eigenvalue weighted by Gasteiger charge is -2.38. The third-order valence-corrected chi connectivity index (χ3v) is 8.51. The molecule has 0 saturated carbocycles. The van der Waals surface area contributed by atoms with Crippen LogP contribution in [-0.2, 0) is 21.9 Å². The number of hydrogen-bond donors (Lipinski definition) is 1. The quantitative estimate of drug-likeness (QED) is 0.841. The highest BCUT2D eigenvalue weighted by molar-refractivity contribution is 7.89. The Kier molecular flexibility index (Phi) is 4.20. The van der Waals surface area contributed by atoms with Crippen molar-refractivity contribution in [2.24, 2.45) is 0 Å². The molecule has 1 aliphatic carbocycles. The zero-order valence-electron chi connectivity index (χ0n) is 16.2. The monoisotopic (exact) mass is 402 g/mol. The lowest BCUT2D eigenvalue weighted by Crippen LogP contribution is -2.44. The first-order valence-corrected chi connectivity index (χ1v) is 11.6. The molecule has 150 valence electrons. The maximum absolute atomic E-state index is 12.8. The summed E-state index contributed by atoms with van der Waals surface area (Å²) in [5.74, 6) is 1.96. The molecule has 5 rings (SSSR count). The largest absolute Gasteiger partial charge is 0.356 e. The molecule has 0 aromatic carbocycles. The number of nitrogens with one attached hydrogen (secondary N) is 1. The van der Waals surface area contributed by atoms with E-state index in [0.717, 1.165) is 50.4 Å². The Balaban J connectivity index is 1.43. The molecule has 28 heavy (non-hydrogen) atoms. The number of rotatable bonds is 3. The number of H-pyrrole nitrogens is 1. The highest BCUT2D eigenvalue weighted by Crippen LogP contribution is 2.48. The van der Waals surface area contributed by atoms with Crippen LogP contribution in [-0.4, -0.2) is 59.1 Å². The van der Waals surface area contributed by atoms with E-state index in [0.29, 0.717) is 13.1 Å². The Labute approximate surface area is 165 Å². The summed E-state index contributed by atoms with van der Waals surface area (Å²) in [5.41, 5.74) is 2.47. The highest BCUT2D eigenvalue weighted by Gasteiger charge is 2.46. The van der Waals surface area contributed by atoms with Gasteiger partial charge < -0.3 is 4.90 Å². The molecule has 0 atom stereocenters. The van der Waals surface area contributed by atoms with Crippen molar-refractivity contribution in [2.75, 3.05) is 31.1 Å². The van der Waals surface area contributed by atoms with E-state index >= 15 is 0 Å². The van der Waals surface area contributed by atoms with Gasteiger partial charge in [0.05, 0.1) is 11.9 Å². The molecule has 4 heterocycles. The topological polar surface area (TPSA) is 95.1 Å².